The molecule has 0 aliphatic heterocycles. The van der Waals surface area contributed by atoms with Crippen LogP contribution in [-0.4, -0.2) is 38.4 Å². The van der Waals surface area contributed by atoms with Gasteiger partial charge >= 0.3 is 5.97 Å². The van der Waals surface area contributed by atoms with E-state index in [4.69, 9.17) is 9.47 Å². The molecule has 0 saturated carbocycles. The van der Waals surface area contributed by atoms with E-state index in [2.05, 4.69) is 12.2 Å². The number of ether oxygens (including phenoxy) is 2. The number of carbonyl (C=O) groups excluding carboxylic acids is 1. The van der Waals surface area contributed by atoms with E-state index in [1.807, 2.05) is 13.8 Å². The average Bonchev–Trinajstić information content (AvgIpc) is 2.28. The Morgan fingerprint density at radius 1 is 1.24 bits per heavy atom. The standard InChI is InChI=1S/C13H27NO3/c1-4-6-9-16-10-7-8-14-12(3)11-13(15)17-5-2/h12,14H,4-11H2,1-3H3. The quantitative estimate of drug-likeness (QED) is 0.447. The first kappa shape index (κ1) is 16.4. The lowest BCUT2D eigenvalue weighted by molar-refractivity contribution is -0.143. The minimum atomic E-state index is -0.133. The Morgan fingerprint density at radius 2 is 1.94 bits per heavy atom. The molecule has 4 nitrogen and oxygen atoms in total. The van der Waals surface area contributed by atoms with Gasteiger partial charge in [-0.25, -0.2) is 0 Å². The number of nitrogens with one attached hydrogen (secondary N) is 1. The fourth-order valence-electron chi connectivity index (χ4n) is 1.41. The van der Waals surface area contributed by atoms with Crippen LogP contribution < -0.4 is 5.32 Å². The summed E-state index contributed by atoms with van der Waals surface area (Å²) in [6, 6.07) is 0.171. The van der Waals surface area contributed by atoms with Crippen LogP contribution in [0.2, 0.25) is 0 Å². The van der Waals surface area contributed by atoms with Gasteiger partial charge in [-0.1, -0.05) is 13.3 Å². The Morgan fingerprint density at radius 3 is 2.59 bits per heavy atom. The first-order chi connectivity index (χ1) is 8.20. The first-order valence-corrected chi connectivity index (χ1v) is 6.67. The van der Waals surface area contributed by atoms with E-state index in [9.17, 15) is 4.79 Å². The summed E-state index contributed by atoms with van der Waals surface area (Å²) in [5, 5.41) is 3.28. The van der Waals surface area contributed by atoms with Crippen molar-refractivity contribution in [2.45, 2.75) is 52.5 Å². The highest BCUT2D eigenvalue weighted by atomic mass is 16.5. The van der Waals surface area contributed by atoms with Crippen LogP contribution in [0, 0.1) is 0 Å². The molecule has 4 heteroatoms. The number of unbranched alkanes of at least 4 members (excludes halogenated alkanes) is 1. The smallest absolute Gasteiger partial charge is 0.307 e. The minimum Gasteiger partial charge on any atom is -0.466 e. The predicted octanol–water partition coefficient (Wildman–Crippen LogP) is 2.12. The van der Waals surface area contributed by atoms with Crippen molar-refractivity contribution >= 4 is 5.97 Å². The summed E-state index contributed by atoms with van der Waals surface area (Å²) in [4.78, 5) is 11.2. The maximum atomic E-state index is 11.2. The van der Waals surface area contributed by atoms with Crippen LogP contribution in [0.3, 0.4) is 0 Å². The second-order valence-corrected chi connectivity index (χ2v) is 4.18. The minimum absolute atomic E-state index is 0.133. The van der Waals surface area contributed by atoms with E-state index >= 15 is 0 Å². The predicted molar refractivity (Wildman–Crippen MR) is 69.1 cm³/mol. The van der Waals surface area contributed by atoms with Gasteiger partial charge in [-0.05, 0) is 33.2 Å². The summed E-state index contributed by atoms with van der Waals surface area (Å²) in [6.45, 7) is 8.96. The molecule has 1 N–H and O–H groups in total. The van der Waals surface area contributed by atoms with Crippen molar-refractivity contribution in [3.8, 4) is 0 Å². The lowest BCUT2D eigenvalue weighted by Crippen LogP contribution is -2.30. The number of carbonyl (C=O) groups is 1. The van der Waals surface area contributed by atoms with Gasteiger partial charge in [-0.2, -0.15) is 0 Å². The number of hydrogen-bond acceptors (Lipinski definition) is 4. The van der Waals surface area contributed by atoms with Crippen LogP contribution in [0.1, 0.15) is 46.5 Å². The van der Waals surface area contributed by atoms with Gasteiger partial charge in [0.05, 0.1) is 13.0 Å². The zero-order valence-electron chi connectivity index (χ0n) is 11.5. The van der Waals surface area contributed by atoms with Gasteiger partial charge in [0.1, 0.15) is 0 Å². The van der Waals surface area contributed by atoms with Gasteiger partial charge in [0, 0.05) is 19.3 Å². The summed E-state index contributed by atoms with van der Waals surface area (Å²) < 4.78 is 10.3. The molecule has 0 aromatic carbocycles. The Balaban J connectivity index is 3.27. The maximum Gasteiger partial charge on any atom is 0.307 e. The lowest BCUT2D eigenvalue weighted by Gasteiger charge is -2.12. The fourth-order valence-corrected chi connectivity index (χ4v) is 1.41. The molecule has 0 rings (SSSR count). The molecule has 17 heavy (non-hydrogen) atoms. The summed E-state index contributed by atoms with van der Waals surface area (Å²) in [5.41, 5.74) is 0. The molecule has 102 valence electrons. The van der Waals surface area contributed by atoms with Crippen molar-refractivity contribution in [2.75, 3.05) is 26.4 Å². The van der Waals surface area contributed by atoms with Gasteiger partial charge in [-0.3, -0.25) is 4.79 Å². The van der Waals surface area contributed by atoms with E-state index in [-0.39, 0.29) is 12.0 Å². The summed E-state index contributed by atoms with van der Waals surface area (Å²) >= 11 is 0. The van der Waals surface area contributed by atoms with Gasteiger partial charge < -0.3 is 14.8 Å². The molecule has 0 spiro atoms. The Bertz CT molecular complexity index is 186. The Hall–Kier alpha value is -0.610. The molecule has 0 radical (unpaired) electrons. The fraction of sp³-hybridized carbons (Fsp3) is 0.923. The van der Waals surface area contributed by atoms with Crippen molar-refractivity contribution in [1.82, 2.24) is 5.32 Å². The van der Waals surface area contributed by atoms with Crippen molar-refractivity contribution < 1.29 is 14.3 Å². The number of rotatable bonds is 11. The molecule has 1 unspecified atom stereocenters. The monoisotopic (exact) mass is 245 g/mol. The van der Waals surface area contributed by atoms with Crippen LogP contribution in [0.15, 0.2) is 0 Å². The molecule has 0 amide bonds. The van der Waals surface area contributed by atoms with E-state index in [0.717, 1.165) is 32.6 Å². The van der Waals surface area contributed by atoms with E-state index in [0.29, 0.717) is 13.0 Å². The Labute approximate surface area is 105 Å². The van der Waals surface area contributed by atoms with Crippen molar-refractivity contribution in [3.05, 3.63) is 0 Å². The largest absolute Gasteiger partial charge is 0.466 e. The molecule has 0 bridgehead atoms. The molecule has 0 aromatic rings. The third-order valence-corrected chi connectivity index (χ3v) is 2.38. The highest BCUT2D eigenvalue weighted by Crippen LogP contribution is 1.95. The van der Waals surface area contributed by atoms with Gasteiger partial charge in [0.15, 0.2) is 0 Å². The van der Waals surface area contributed by atoms with Gasteiger partial charge in [0.2, 0.25) is 0 Å². The summed E-state index contributed by atoms with van der Waals surface area (Å²) in [5.74, 6) is -0.133. The molecule has 0 fully saturated rings. The van der Waals surface area contributed by atoms with Gasteiger partial charge in [-0.15, -0.1) is 0 Å². The normalized spacial score (nSPS) is 12.4. The van der Waals surface area contributed by atoms with E-state index in [1.54, 1.807) is 0 Å². The van der Waals surface area contributed by atoms with E-state index in [1.165, 1.54) is 6.42 Å². The summed E-state index contributed by atoms with van der Waals surface area (Å²) in [7, 11) is 0. The van der Waals surface area contributed by atoms with Gasteiger partial charge in [0.25, 0.3) is 0 Å². The topological polar surface area (TPSA) is 47.6 Å². The molecule has 1 atom stereocenters. The van der Waals surface area contributed by atoms with Crippen LogP contribution in [-0.2, 0) is 14.3 Å². The third-order valence-electron chi connectivity index (χ3n) is 2.38. The van der Waals surface area contributed by atoms with Crippen molar-refractivity contribution in [3.63, 3.8) is 0 Å². The molecule has 0 aliphatic rings. The lowest BCUT2D eigenvalue weighted by atomic mass is 10.2. The second kappa shape index (κ2) is 11.9. The molecule has 0 heterocycles. The zero-order valence-corrected chi connectivity index (χ0v) is 11.5. The van der Waals surface area contributed by atoms with Crippen LogP contribution in [0.25, 0.3) is 0 Å². The molecular weight excluding hydrogens is 218 g/mol. The first-order valence-electron chi connectivity index (χ1n) is 6.67. The molecule has 0 aromatic heterocycles. The summed E-state index contributed by atoms with van der Waals surface area (Å²) in [6.07, 6.45) is 3.73. The average molecular weight is 245 g/mol. The van der Waals surface area contributed by atoms with Crippen LogP contribution in [0.4, 0.5) is 0 Å². The Kier molecular flexibility index (Phi) is 11.4. The van der Waals surface area contributed by atoms with E-state index < -0.39 is 0 Å². The van der Waals surface area contributed by atoms with Crippen LogP contribution in [0.5, 0.6) is 0 Å². The second-order valence-electron chi connectivity index (χ2n) is 4.18. The molecule has 0 aliphatic carbocycles. The SMILES string of the molecule is CCCCOCCCNC(C)CC(=O)OCC. The molecular formula is C13H27NO3. The van der Waals surface area contributed by atoms with Crippen molar-refractivity contribution in [2.24, 2.45) is 0 Å². The maximum absolute atomic E-state index is 11.2. The van der Waals surface area contributed by atoms with Crippen LogP contribution >= 0.6 is 0 Å². The zero-order chi connectivity index (χ0) is 12.9. The number of esters is 1. The highest BCUT2D eigenvalue weighted by Gasteiger charge is 2.08. The number of hydrogen-bond donors (Lipinski definition) is 1. The molecule has 0 saturated heterocycles. The highest BCUT2D eigenvalue weighted by molar-refractivity contribution is 5.69. The third kappa shape index (κ3) is 11.6. The van der Waals surface area contributed by atoms with Crippen molar-refractivity contribution in [1.29, 1.82) is 0 Å².